The molecule has 2 atom stereocenters. The van der Waals surface area contributed by atoms with Gasteiger partial charge in [0.2, 0.25) is 10.0 Å². The third-order valence-electron chi connectivity index (χ3n) is 3.32. The second kappa shape index (κ2) is 5.97. The normalized spacial score (nSPS) is 24.4. The molecule has 0 unspecified atom stereocenters. The monoisotopic (exact) mass is 323 g/mol. The Morgan fingerprint density at radius 3 is 2.79 bits per heavy atom. The molecule has 1 aromatic carbocycles. The molecule has 0 radical (unpaired) electrons. The molecule has 0 aromatic heterocycles. The van der Waals surface area contributed by atoms with E-state index in [0.717, 1.165) is 5.56 Å². The van der Waals surface area contributed by atoms with Gasteiger partial charge in [-0.3, -0.25) is 0 Å². The highest BCUT2D eigenvalue weighted by Crippen LogP contribution is 2.28. The van der Waals surface area contributed by atoms with Crippen molar-refractivity contribution in [1.29, 1.82) is 0 Å². The van der Waals surface area contributed by atoms with Crippen LogP contribution in [0, 0.1) is 5.92 Å². The van der Waals surface area contributed by atoms with Crippen molar-refractivity contribution in [1.82, 2.24) is 0 Å². The zero-order valence-corrected chi connectivity index (χ0v) is 12.5. The summed E-state index contributed by atoms with van der Waals surface area (Å²) in [6.45, 7) is 0.783. The van der Waals surface area contributed by atoms with E-state index < -0.39 is 15.3 Å². The molecule has 0 spiro atoms. The predicted molar refractivity (Wildman–Crippen MR) is 76.0 cm³/mol. The molecule has 1 aliphatic heterocycles. The van der Waals surface area contributed by atoms with E-state index in [1.165, 1.54) is 0 Å². The van der Waals surface area contributed by atoms with Crippen molar-refractivity contribution < 1.29 is 13.2 Å². The molecule has 1 fully saturated rings. The predicted octanol–water partition coefficient (Wildman–Crippen LogP) is 2.23. The van der Waals surface area contributed by atoms with E-state index in [2.05, 4.69) is 0 Å². The van der Waals surface area contributed by atoms with E-state index in [1.807, 2.05) is 0 Å². The van der Waals surface area contributed by atoms with Crippen LogP contribution in [0.4, 0.5) is 0 Å². The molecule has 106 valence electrons. The molecule has 7 heteroatoms. The van der Waals surface area contributed by atoms with Gasteiger partial charge in [-0.15, -0.1) is 0 Å². The van der Waals surface area contributed by atoms with Crippen LogP contribution in [0.3, 0.4) is 0 Å². The van der Waals surface area contributed by atoms with Crippen LogP contribution in [0.1, 0.15) is 12.0 Å². The minimum atomic E-state index is -3.57. The van der Waals surface area contributed by atoms with Crippen LogP contribution in [0.15, 0.2) is 18.2 Å². The fraction of sp³-hybridized carbons (Fsp3) is 0.500. The Labute approximate surface area is 122 Å². The number of nitrogens with two attached hydrogens (primary N) is 1. The molecular weight excluding hydrogens is 309 g/mol. The summed E-state index contributed by atoms with van der Waals surface area (Å²) in [7, 11) is -3.57. The van der Waals surface area contributed by atoms with Gasteiger partial charge in [-0.05, 0) is 36.6 Å². The summed E-state index contributed by atoms with van der Waals surface area (Å²) in [4.78, 5) is 0. The molecule has 2 rings (SSSR count). The van der Waals surface area contributed by atoms with Gasteiger partial charge in [0, 0.05) is 22.6 Å². The van der Waals surface area contributed by atoms with E-state index in [0.29, 0.717) is 36.1 Å². The van der Waals surface area contributed by atoms with Crippen molar-refractivity contribution in [3.05, 3.63) is 33.8 Å². The minimum Gasteiger partial charge on any atom is -0.381 e. The average Bonchev–Trinajstić information content (AvgIpc) is 2.33. The maximum Gasteiger partial charge on any atom is 0.212 e. The summed E-state index contributed by atoms with van der Waals surface area (Å²) in [5.41, 5.74) is 0.818. The molecule has 0 saturated carbocycles. The van der Waals surface area contributed by atoms with E-state index in [9.17, 15) is 8.42 Å². The summed E-state index contributed by atoms with van der Waals surface area (Å²) in [5.74, 6) is -0.195. The molecule has 0 aliphatic carbocycles. The lowest BCUT2D eigenvalue weighted by Gasteiger charge is -2.30. The standard InChI is InChI=1S/C12H15Cl2NO3S/c13-10-1-2-11(14)8(6-10)5-9-7-18-4-3-12(9)19(15,16)17/h1-2,6,9,12H,3-5,7H2,(H2,15,16,17)/t9-,12+/m0/s1. The number of sulfonamides is 1. The van der Waals surface area contributed by atoms with E-state index in [4.69, 9.17) is 33.1 Å². The van der Waals surface area contributed by atoms with Crippen LogP contribution >= 0.6 is 23.2 Å². The Bertz CT molecular complexity index is 562. The first-order chi connectivity index (χ1) is 8.88. The zero-order valence-electron chi connectivity index (χ0n) is 10.2. The van der Waals surface area contributed by atoms with Crippen LogP contribution in [-0.2, 0) is 21.2 Å². The fourth-order valence-electron chi connectivity index (χ4n) is 2.38. The van der Waals surface area contributed by atoms with Crippen molar-refractivity contribution in [3.63, 3.8) is 0 Å². The van der Waals surface area contributed by atoms with E-state index >= 15 is 0 Å². The number of primary sulfonamides is 1. The average molecular weight is 324 g/mol. The van der Waals surface area contributed by atoms with Gasteiger partial charge in [0.05, 0.1) is 11.9 Å². The van der Waals surface area contributed by atoms with Crippen LogP contribution in [0.2, 0.25) is 10.0 Å². The number of hydrogen-bond donors (Lipinski definition) is 1. The first-order valence-corrected chi connectivity index (χ1v) is 8.28. The Balaban J connectivity index is 2.22. The van der Waals surface area contributed by atoms with Gasteiger partial charge < -0.3 is 4.74 Å². The van der Waals surface area contributed by atoms with Gasteiger partial charge >= 0.3 is 0 Å². The van der Waals surface area contributed by atoms with Crippen LogP contribution in [0.5, 0.6) is 0 Å². The lowest BCUT2D eigenvalue weighted by atomic mass is 9.93. The highest BCUT2D eigenvalue weighted by molar-refractivity contribution is 7.89. The van der Waals surface area contributed by atoms with Gasteiger partial charge in [-0.2, -0.15) is 0 Å². The highest BCUT2D eigenvalue weighted by atomic mass is 35.5. The summed E-state index contributed by atoms with van der Waals surface area (Å²) in [6.07, 6.45) is 0.905. The third-order valence-corrected chi connectivity index (χ3v) is 5.38. The largest absolute Gasteiger partial charge is 0.381 e. The zero-order chi connectivity index (χ0) is 14.0. The van der Waals surface area contributed by atoms with Crippen molar-refractivity contribution in [3.8, 4) is 0 Å². The topological polar surface area (TPSA) is 69.4 Å². The van der Waals surface area contributed by atoms with Crippen LogP contribution in [0.25, 0.3) is 0 Å². The van der Waals surface area contributed by atoms with E-state index in [-0.39, 0.29) is 5.92 Å². The third kappa shape index (κ3) is 3.83. The SMILES string of the molecule is NS(=O)(=O)[C@@H]1CCOC[C@@H]1Cc1cc(Cl)ccc1Cl. The molecule has 0 bridgehead atoms. The van der Waals surface area contributed by atoms with Crippen molar-refractivity contribution in [2.45, 2.75) is 18.1 Å². The Morgan fingerprint density at radius 1 is 1.37 bits per heavy atom. The molecule has 1 aliphatic rings. The second-order valence-electron chi connectivity index (χ2n) is 4.69. The first kappa shape index (κ1) is 15.1. The summed E-state index contributed by atoms with van der Waals surface area (Å²) < 4.78 is 28.6. The van der Waals surface area contributed by atoms with Crippen molar-refractivity contribution in [2.24, 2.45) is 11.1 Å². The summed E-state index contributed by atoms with van der Waals surface area (Å²) in [6, 6.07) is 5.15. The van der Waals surface area contributed by atoms with Gasteiger partial charge in [0.1, 0.15) is 0 Å². The fourth-order valence-corrected chi connectivity index (χ4v) is 3.91. The van der Waals surface area contributed by atoms with Crippen molar-refractivity contribution >= 4 is 33.2 Å². The molecule has 0 amide bonds. The molecule has 1 aromatic rings. The number of rotatable bonds is 3. The smallest absolute Gasteiger partial charge is 0.212 e. The van der Waals surface area contributed by atoms with Gasteiger partial charge in [0.25, 0.3) is 0 Å². The first-order valence-electron chi connectivity index (χ1n) is 5.91. The van der Waals surface area contributed by atoms with Gasteiger partial charge in [-0.25, -0.2) is 13.6 Å². The van der Waals surface area contributed by atoms with Gasteiger partial charge in [-0.1, -0.05) is 23.2 Å². The molecular formula is C12H15Cl2NO3S. The van der Waals surface area contributed by atoms with Crippen LogP contribution in [-0.4, -0.2) is 26.9 Å². The Kier molecular flexibility index (Phi) is 4.74. The molecule has 4 nitrogen and oxygen atoms in total. The maximum absolute atomic E-state index is 11.6. The lowest BCUT2D eigenvalue weighted by molar-refractivity contribution is 0.0573. The van der Waals surface area contributed by atoms with Gasteiger partial charge in [0.15, 0.2) is 0 Å². The summed E-state index contributed by atoms with van der Waals surface area (Å²) >= 11 is 12.0. The van der Waals surface area contributed by atoms with E-state index in [1.54, 1.807) is 18.2 Å². The Morgan fingerprint density at radius 2 is 2.11 bits per heavy atom. The second-order valence-corrected chi connectivity index (χ2v) is 7.32. The molecule has 2 N–H and O–H groups in total. The molecule has 1 heterocycles. The summed E-state index contributed by atoms with van der Waals surface area (Å²) in [5, 5.41) is 5.84. The number of ether oxygens (including phenoxy) is 1. The maximum atomic E-state index is 11.6. The number of benzene rings is 1. The molecule has 1 saturated heterocycles. The van der Waals surface area contributed by atoms with Crippen LogP contribution < -0.4 is 5.14 Å². The Hall–Kier alpha value is -0.330. The lowest BCUT2D eigenvalue weighted by Crippen LogP contribution is -2.42. The van der Waals surface area contributed by atoms with Crippen molar-refractivity contribution in [2.75, 3.05) is 13.2 Å². The quantitative estimate of drug-likeness (QED) is 0.927. The minimum absolute atomic E-state index is 0.195. The number of halogens is 2. The highest BCUT2D eigenvalue weighted by Gasteiger charge is 2.34. The number of hydrogen-bond acceptors (Lipinski definition) is 3. The molecule has 19 heavy (non-hydrogen) atoms.